The van der Waals surface area contributed by atoms with Gasteiger partial charge in [0.1, 0.15) is 5.82 Å². The molecular weight excluding hydrogens is 287 g/mol. The minimum absolute atomic E-state index is 0.193. The molecule has 0 aromatic heterocycles. The third-order valence-electron chi connectivity index (χ3n) is 4.07. The number of rotatable bonds is 6. The van der Waals surface area contributed by atoms with Crippen molar-refractivity contribution in [3.8, 4) is 0 Å². The molecule has 1 aliphatic rings. The standard InChI is InChI=1S/C17H26ClFN2/c1-13(2)10-20-11-16-5-3-4-8-21(16)12-14-6-7-15(18)9-17(14)19/h6-7,9,13,16,20H,3-5,8,10-12H2,1-2H3. The summed E-state index contributed by atoms with van der Waals surface area (Å²) in [5, 5.41) is 4.00. The number of hydrogen-bond acceptors (Lipinski definition) is 2. The van der Waals surface area contributed by atoms with E-state index in [1.54, 1.807) is 6.07 Å². The number of nitrogens with zero attached hydrogens (tertiary/aromatic N) is 1. The summed E-state index contributed by atoms with van der Waals surface area (Å²) in [6.07, 6.45) is 3.67. The van der Waals surface area contributed by atoms with Crippen LogP contribution in [0.5, 0.6) is 0 Å². The molecule has 2 nitrogen and oxygen atoms in total. The van der Waals surface area contributed by atoms with Crippen molar-refractivity contribution >= 4 is 11.6 Å². The molecule has 4 heteroatoms. The largest absolute Gasteiger partial charge is 0.315 e. The van der Waals surface area contributed by atoms with Crippen molar-refractivity contribution in [2.24, 2.45) is 5.92 Å². The highest BCUT2D eigenvalue weighted by Crippen LogP contribution is 2.22. The molecule has 118 valence electrons. The number of piperidine rings is 1. The number of benzene rings is 1. The first-order valence-corrected chi connectivity index (χ1v) is 8.32. The van der Waals surface area contributed by atoms with Gasteiger partial charge in [-0.1, -0.05) is 37.9 Å². The Hall–Kier alpha value is -0.640. The van der Waals surface area contributed by atoms with Gasteiger partial charge < -0.3 is 5.32 Å². The SMILES string of the molecule is CC(C)CNCC1CCCCN1Cc1ccc(Cl)cc1F. The summed E-state index contributed by atoms with van der Waals surface area (Å²) >= 11 is 5.82. The van der Waals surface area contributed by atoms with E-state index in [9.17, 15) is 4.39 Å². The predicted molar refractivity (Wildman–Crippen MR) is 87.2 cm³/mol. The summed E-state index contributed by atoms with van der Waals surface area (Å²) in [4.78, 5) is 2.41. The lowest BCUT2D eigenvalue weighted by molar-refractivity contribution is 0.135. The van der Waals surface area contributed by atoms with Crippen molar-refractivity contribution in [3.63, 3.8) is 0 Å². The minimum atomic E-state index is -0.193. The molecular formula is C17H26ClFN2. The van der Waals surface area contributed by atoms with Crippen LogP contribution in [0.1, 0.15) is 38.7 Å². The number of hydrogen-bond donors (Lipinski definition) is 1. The van der Waals surface area contributed by atoms with Crippen LogP contribution in [0.4, 0.5) is 4.39 Å². The maximum Gasteiger partial charge on any atom is 0.129 e. The van der Waals surface area contributed by atoms with Crippen LogP contribution in [-0.2, 0) is 6.54 Å². The van der Waals surface area contributed by atoms with E-state index in [2.05, 4.69) is 24.1 Å². The lowest BCUT2D eigenvalue weighted by Gasteiger charge is -2.36. The second-order valence-electron chi connectivity index (χ2n) is 6.41. The molecule has 0 spiro atoms. The number of likely N-dealkylation sites (tertiary alicyclic amines) is 1. The van der Waals surface area contributed by atoms with Crippen LogP contribution in [0, 0.1) is 11.7 Å². The summed E-state index contributed by atoms with van der Waals surface area (Å²) < 4.78 is 14.0. The Morgan fingerprint density at radius 3 is 2.90 bits per heavy atom. The highest BCUT2D eigenvalue weighted by atomic mass is 35.5. The summed E-state index contributed by atoms with van der Waals surface area (Å²) in [5.41, 5.74) is 0.746. The van der Waals surface area contributed by atoms with Crippen molar-refractivity contribution in [2.75, 3.05) is 19.6 Å². The van der Waals surface area contributed by atoms with Gasteiger partial charge in [-0.3, -0.25) is 4.90 Å². The zero-order valence-corrected chi connectivity index (χ0v) is 13.8. The predicted octanol–water partition coefficient (Wildman–Crippen LogP) is 4.08. The van der Waals surface area contributed by atoms with E-state index < -0.39 is 0 Å². The topological polar surface area (TPSA) is 15.3 Å². The van der Waals surface area contributed by atoms with Gasteiger partial charge in [0.05, 0.1) is 0 Å². The molecule has 0 amide bonds. The molecule has 0 aliphatic carbocycles. The van der Waals surface area contributed by atoms with Crippen molar-refractivity contribution in [2.45, 2.75) is 45.7 Å². The number of halogens is 2. The van der Waals surface area contributed by atoms with Gasteiger partial charge in [0.2, 0.25) is 0 Å². The highest BCUT2D eigenvalue weighted by Gasteiger charge is 2.23. The van der Waals surface area contributed by atoms with Crippen molar-refractivity contribution < 1.29 is 4.39 Å². The fraction of sp³-hybridized carbons (Fsp3) is 0.647. The summed E-state index contributed by atoms with van der Waals surface area (Å²) in [6, 6.07) is 5.50. The van der Waals surface area contributed by atoms with Crippen LogP contribution in [0.2, 0.25) is 5.02 Å². The first-order valence-electron chi connectivity index (χ1n) is 7.95. The molecule has 1 aromatic carbocycles. The third-order valence-corrected chi connectivity index (χ3v) is 4.31. The molecule has 1 N–H and O–H groups in total. The fourth-order valence-electron chi connectivity index (χ4n) is 2.91. The third kappa shape index (κ3) is 5.24. The maximum atomic E-state index is 14.0. The lowest BCUT2D eigenvalue weighted by atomic mass is 10.0. The zero-order valence-electron chi connectivity index (χ0n) is 13.0. The molecule has 0 bridgehead atoms. The summed E-state index contributed by atoms with van der Waals surface area (Å²) in [7, 11) is 0. The molecule has 1 saturated heterocycles. The minimum Gasteiger partial charge on any atom is -0.315 e. The highest BCUT2D eigenvalue weighted by molar-refractivity contribution is 6.30. The Morgan fingerprint density at radius 2 is 2.19 bits per heavy atom. The van der Waals surface area contributed by atoms with Gasteiger partial charge in [-0.2, -0.15) is 0 Å². The van der Waals surface area contributed by atoms with Gasteiger partial charge in [-0.05, 0) is 44.0 Å². The van der Waals surface area contributed by atoms with E-state index in [1.807, 2.05) is 6.07 Å². The van der Waals surface area contributed by atoms with E-state index in [1.165, 1.54) is 25.3 Å². The Kier molecular flexibility index (Phi) is 6.46. The van der Waals surface area contributed by atoms with Crippen LogP contribution >= 0.6 is 11.6 Å². The second-order valence-corrected chi connectivity index (χ2v) is 6.84. The molecule has 21 heavy (non-hydrogen) atoms. The first-order chi connectivity index (χ1) is 10.1. The van der Waals surface area contributed by atoms with Crippen molar-refractivity contribution in [3.05, 3.63) is 34.6 Å². The Morgan fingerprint density at radius 1 is 1.38 bits per heavy atom. The van der Waals surface area contributed by atoms with Gasteiger partial charge in [0.15, 0.2) is 0 Å². The molecule has 1 aromatic rings. The van der Waals surface area contributed by atoms with Crippen molar-refractivity contribution in [1.82, 2.24) is 10.2 Å². The van der Waals surface area contributed by atoms with Gasteiger partial charge in [0, 0.05) is 29.7 Å². The molecule has 1 atom stereocenters. The smallest absolute Gasteiger partial charge is 0.129 e. The van der Waals surface area contributed by atoms with Crippen molar-refractivity contribution in [1.29, 1.82) is 0 Å². The van der Waals surface area contributed by atoms with Crippen LogP contribution in [-0.4, -0.2) is 30.6 Å². The van der Waals surface area contributed by atoms with Crippen LogP contribution in [0.3, 0.4) is 0 Å². The summed E-state index contributed by atoms with van der Waals surface area (Å²) in [5.74, 6) is 0.470. The van der Waals surface area contributed by atoms with E-state index in [0.29, 0.717) is 23.5 Å². The second kappa shape index (κ2) is 8.11. The van der Waals surface area contributed by atoms with E-state index in [0.717, 1.165) is 25.2 Å². The van der Waals surface area contributed by atoms with Crippen LogP contribution in [0.15, 0.2) is 18.2 Å². The molecule has 1 heterocycles. The normalized spacial score (nSPS) is 20.1. The molecule has 2 rings (SSSR count). The van der Waals surface area contributed by atoms with Gasteiger partial charge in [0.25, 0.3) is 0 Å². The van der Waals surface area contributed by atoms with E-state index in [-0.39, 0.29) is 5.82 Å². The Bertz CT molecular complexity index is 450. The maximum absolute atomic E-state index is 14.0. The van der Waals surface area contributed by atoms with E-state index >= 15 is 0 Å². The lowest BCUT2D eigenvalue weighted by Crippen LogP contribution is -2.45. The average Bonchev–Trinajstić information content (AvgIpc) is 2.43. The number of nitrogens with one attached hydrogen (secondary N) is 1. The quantitative estimate of drug-likeness (QED) is 0.851. The Balaban J connectivity index is 1.94. The monoisotopic (exact) mass is 312 g/mol. The molecule has 0 radical (unpaired) electrons. The molecule has 0 saturated carbocycles. The molecule has 1 unspecified atom stereocenters. The Labute approximate surface area is 132 Å². The fourth-order valence-corrected chi connectivity index (χ4v) is 3.07. The van der Waals surface area contributed by atoms with Gasteiger partial charge >= 0.3 is 0 Å². The summed E-state index contributed by atoms with van der Waals surface area (Å²) in [6.45, 7) is 8.20. The van der Waals surface area contributed by atoms with Crippen LogP contribution in [0.25, 0.3) is 0 Å². The molecule has 1 fully saturated rings. The van der Waals surface area contributed by atoms with Gasteiger partial charge in [-0.25, -0.2) is 4.39 Å². The average molecular weight is 313 g/mol. The molecule has 1 aliphatic heterocycles. The van der Waals surface area contributed by atoms with Gasteiger partial charge in [-0.15, -0.1) is 0 Å². The van der Waals surface area contributed by atoms with Crippen LogP contribution < -0.4 is 5.32 Å². The zero-order chi connectivity index (χ0) is 15.2. The van der Waals surface area contributed by atoms with E-state index in [4.69, 9.17) is 11.6 Å². The first kappa shape index (κ1) is 16.7.